The average Bonchev–Trinajstić information content (AvgIpc) is 2.06. The molecule has 0 amide bonds. The SMILES string of the molecule is O=P([O-])([O-])[O-].O=P([O-])([O-])[O-].O=P([O-])([O-])[O-].O=P([O-])([O-])[O-].O=P([O-])([O-])[O-].O=P([O-])([O-])[O-].O=P([O-])([O-])[O-].[Ag+].[Ag+].[Ag+].[Ca+2].[Ca+2].[Ca+2].[Ca+2].[Ca+2].[Ca+2].[Ca+2].[Ca+2].[Ca+2]. The molecule has 0 aromatic heterocycles. The van der Waals surface area contributed by atoms with E-state index >= 15 is 0 Å². The van der Waals surface area contributed by atoms with Crippen molar-refractivity contribution in [2.45, 2.75) is 0 Å². The summed E-state index contributed by atoms with van der Waals surface area (Å²) >= 11 is 0. The van der Waals surface area contributed by atoms with Gasteiger partial charge >= 0.3 is 407 Å². The smallest absolute Gasteiger partial charge is 0.822 e. The molecule has 0 unspecified atom stereocenters. The molecule has 0 aromatic rings. The third-order valence-electron chi connectivity index (χ3n) is 0. The molecule has 0 atom stereocenters. The molecule has 0 N–H and O–H groups in total. The zero-order valence-electron chi connectivity index (χ0n) is 21.8. The fourth-order valence-electron chi connectivity index (χ4n) is 0. The van der Waals surface area contributed by atoms with Crippen molar-refractivity contribution in [1.82, 2.24) is 0 Å². The molecule has 0 aliphatic carbocycles. The van der Waals surface area contributed by atoms with Crippen LogP contribution in [0.1, 0.15) is 0 Å². The summed E-state index contributed by atoms with van der Waals surface area (Å²) in [5.74, 6) is 0. The van der Waals surface area contributed by atoms with E-state index in [0.717, 1.165) is 0 Å². The van der Waals surface area contributed by atoms with E-state index in [2.05, 4.69) is 0 Å². The zero-order chi connectivity index (χ0) is 31.5. The molecule has 0 heterocycles. The maximum absolute atomic E-state index is 8.55. The van der Waals surface area contributed by atoms with Gasteiger partial charge in [-0.05, 0) is 0 Å². The summed E-state index contributed by atoms with van der Waals surface area (Å²) in [6.07, 6.45) is 0. The van der Waals surface area contributed by atoms with Crippen LogP contribution in [0.5, 0.6) is 0 Å². The van der Waals surface area contributed by atoms with Crippen molar-refractivity contribution in [2.75, 3.05) is 0 Å². The minimum Gasteiger partial charge on any atom is -0.822 e. The first-order valence-electron chi connectivity index (χ1n) is 5.11. The number of hydrogen-bond donors (Lipinski definition) is 0. The van der Waals surface area contributed by atoms with Gasteiger partial charge in [0.1, 0.15) is 0 Å². The van der Waals surface area contributed by atoms with E-state index in [9.17, 15) is 0 Å². The van der Waals surface area contributed by atoms with Crippen molar-refractivity contribution in [3.8, 4) is 0 Å². The van der Waals surface area contributed by atoms with Gasteiger partial charge in [0.2, 0.25) is 0 Å². The molecule has 28 nitrogen and oxygen atoms in total. The normalized spacial score (nSPS) is 8.79. The van der Waals surface area contributed by atoms with Crippen molar-refractivity contribution in [2.24, 2.45) is 0 Å². The molecule has 47 heteroatoms. The van der Waals surface area contributed by atoms with Crippen LogP contribution < -0.4 is 103 Å². The van der Waals surface area contributed by atoms with Crippen molar-refractivity contribution >= 4 is 394 Å². The maximum Gasteiger partial charge on any atom is 2.00 e. The van der Waals surface area contributed by atoms with Crippen LogP contribution in [0.25, 0.3) is 0 Å². The zero-order valence-corrected chi connectivity index (χ0v) is 52.4. The summed E-state index contributed by atoms with van der Waals surface area (Å²) in [5.41, 5.74) is 0. The van der Waals surface area contributed by atoms with Crippen molar-refractivity contribution in [3.05, 3.63) is 0 Å². The van der Waals surface area contributed by atoms with E-state index in [0.29, 0.717) is 0 Å². The van der Waals surface area contributed by atoms with Crippen LogP contribution in [0.15, 0.2) is 0 Å². The van der Waals surface area contributed by atoms with Gasteiger partial charge in [-0.15, -0.1) is 0 Å². The van der Waals surface area contributed by atoms with Crippen molar-refractivity contribution in [1.29, 1.82) is 0 Å². The monoisotopic (exact) mass is 1350 g/mol. The Morgan fingerprint density at radius 1 is 0.170 bits per heavy atom. The minimum atomic E-state index is -5.39. The molecule has 0 rings (SSSR count). The Hall–Kier alpha value is 14.3. The van der Waals surface area contributed by atoms with Gasteiger partial charge < -0.3 is 135 Å². The Balaban J connectivity index is -0.0000000110. The summed E-state index contributed by atoms with van der Waals surface area (Å²) in [6.45, 7) is 0. The predicted octanol–water partition coefficient (Wildman–Crippen LogP) is -23.2. The largest absolute Gasteiger partial charge is 2.00 e. The van der Waals surface area contributed by atoms with Crippen LogP contribution in [-0.4, -0.2) is 340 Å². The van der Waals surface area contributed by atoms with Gasteiger partial charge in [0, 0.05) is 0 Å². The molecule has 0 saturated carbocycles. The molecule has 0 aliphatic rings. The first-order chi connectivity index (χ1) is 14.0. The van der Waals surface area contributed by atoms with Crippen LogP contribution in [0.2, 0.25) is 0 Å². The van der Waals surface area contributed by atoms with Crippen LogP contribution in [0.4, 0.5) is 0 Å². The molecular formula is Ag3Ca9O28P7. The fraction of sp³-hybridized carbons (Fsp3) is 0. The summed E-state index contributed by atoms with van der Waals surface area (Å²) < 4.78 is 59.8. The second kappa shape index (κ2) is 66.9. The third-order valence-corrected chi connectivity index (χ3v) is 0. The van der Waals surface area contributed by atoms with E-state index in [1.54, 1.807) is 0 Å². The molecule has 0 bridgehead atoms. The number of phosphoric acid groups is 7. The molecule has 0 radical (unpaired) electrons. The summed E-state index contributed by atoms with van der Waals surface area (Å²) in [7, 11) is -37.7. The predicted molar refractivity (Wildman–Crippen MR) is 105 cm³/mol. The van der Waals surface area contributed by atoms with Gasteiger partial charge in [-0.1, -0.05) is 0 Å². The van der Waals surface area contributed by atoms with Gasteiger partial charge in [-0.3, -0.25) is 0 Å². The van der Waals surface area contributed by atoms with Gasteiger partial charge in [0.25, 0.3) is 0 Å². The van der Waals surface area contributed by atoms with E-state index in [-0.39, 0.29) is 407 Å². The number of rotatable bonds is 0. The summed E-state index contributed by atoms with van der Waals surface area (Å²) in [6, 6.07) is 0. The van der Waals surface area contributed by atoms with Gasteiger partial charge in [-0.2, -0.15) is 54.8 Å². The maximum atomic E-state index is 8.55. The van der Waals surface area contributed by atoms with Crippen molar-refractivity contribution < 1.29 is 202 Å². The van der Waals surface area contributed by atoms with Crippen LogP contribution in [0, 0.1) is 0 Å². The van der Waals surface area contributed by atoms with E-state index < -0.39 is 54.8 Å². The quantitative estimate of drug-likeness (QED) is 0.160. The first kappa shape index (κ1) is 125. The Kier molecular flexibility index (Phi) is 177. The number of hydrogen-bond acceptors (Lipinski definition) is 28. The van der Waals surface area contributed by atoms with Crippen LogP contribution in [-0.2, 0) is 99.1 Å². The molecule has 47 heavy (non-hydrogen) atoms. The first-order valence-corrected chi connectivity index (χ1v) is 15.3. The second-order valence-corrected chi connectivity index (χ2v) is 9.39. The fourth-order valence-corrected chi connectivity index (χ4v) is 0. The van der Waals surface area contributed by atoms with Crippen LogP contribution in [0.3, 0.4) is 0 Å². The average molecular weight is 1350 g/mol. The Morgan fingerprint density at radius 2 is 0.170 bits per heavy atom. The van der Waals surface area contributed by atoms with E-state index in [1.807, 2.05) is 0 Å². The Morgan fingerprint density at radius 3 is 0.170 bits per heavy atom. The second-order valence-electron chi connectivity index (χ2n) is 3.13. The molecule has 0 saturated heterocycles. The van der Waals surface area contributed by atoms with Gasteiger partial charge in [-0.25, -0.2) is 0 Å². The molecule has 0 aromatic carbocycles. The molecule has 0 aliphatic heterocycles. The van der Waals surface area contributed by atoms with E-state index in [1.165, 1.54) is 0 Å². The van der Waals surface area contributed by atoms with Gasteiger partial charge in [0.05, 0.1) is 0 Å². The third kappa shape index (κ3) is 1000. The van der Waals surface area contributed by atoms with Crippen LogP contribution >= 0.6 is 54.8 Å². The van der Waals surface area contributed by atoms with Crippen molar-refractivity contribution in [3.63, 3.8) is 0 Å². The topological polar surface area (TPSA) is 604 Å². The molecule has 0 fully saturated rings. The molecular weight excluding hydrogens is 1350 g/mol. The standard InChI is InChI=1S/3Ag.9Ca.7H3O4P/c;;;;;;;;;;;;7*1-5(2,3)4/h;;;;;;;;;;;;7*(H3,1,2,3,4)/q3*+1;9*+2;;;;;;;/p-21. The molecule has 0 spiro atoms. The summed E-state index contributed by atoms with van der Waals surface area (Å²) in [4.78, 5) is 180. The van der Waals surface area contributed by atoms with E-state index in [4.69, 9.17) is 135 Å². The minimum absolute atomic E-state index is 0. The molecule has 254 valence electrons. The Labute approximate surface area is 580 Å². The summed E-state index contributed by atoms with van der Waals surface area (Å²) in [5, 5.41) is 0. The van der Waals surface area contributed by atoms with Gasteiger partial charge in [0.15, 0.2) is 0 Å². The Bertz CT molecular complexity index is 593.